The number of benzene rings is 1. The molecule has 0 bridgehead atoms. The summed E-state index contributed by atoms with van der Waals surface area (Å²) in [6.07, 6.45) is 0. The number of nitrogens with one attached hydrogen (secondary N) is 1. The molecule has 0 aliphatic heterocycles. The first kappa shape index (κ1) is 11.7. The van der Waals surface area contributed by atoms with Crippen LogP contribution in [0.4, 0.5) is 5.69 Å². The van der Waals surface area contributed by atoms with E-state index >= 15 is 0 Å². The minimum absolute atomic E-state index is 0.198. The van der Waals surface area contributed by atoms with Crippen molar-refractivity contribution in [2.45, 2.75) is 12.8 Å². The Kier molecular flexibility index (Phi) is 3.44. The Hall–Kier alpha value is -1.81. The highest BCUT2D eigenvalue weighted by atomic mass is 35.5. The molecule has 1 N–H and O–H groups in total. The molecule has 5 heteroatoms. The van der Waals surface area contributed by atoms with Gasteiger partial charge in [0, 0.05) is 17.6 Å². The highest BCUT2D eigenvalue weighted by molar-refractivity contribution is 6.17. The number of aromatic nitrogens is 1. The number of nitrogens with zero attached hydrogens (tertiary/aromatic N) is 1. The molecule has 0 fully saturated rings. The van der Waals surface area contributed by atoms with E-state index < -0.39 is 0 Å². The number of anilines is 1. The maximum atomic E-state index is 11.7. The van der Waals surface area contributed by atoms with E-state index in [9.17, 15) is 4.79 Å². The topological polar surface area (TPSA) is 55.1 Å². The summed E-state index contributed by atoms with van der Waals surface area (Å²) in [6.45, 7) is 1.76. The van der Waals surface area contributed by atoms with E-state index in [0.717, 1.165) is 5.56 Å². The van der Waals surface area contributed by atoms with Crippen LogP contribution in [0.1, 0.15) is 21.8 Å². The Morgan fingerprint density at radius 3 is 2.65 bits per heavy atom. The maximum Gasteiger partial charge on any atom is 0.294 e. The smallest absolute Gasteiger partial charge is 0.294 e. The van der Waals surface area contributed by atoms with Crippen LogP contribution >= 0.6 is 11.6 Å². The summed E-state index contributed by atoms with van der Waals surface area (Å²) < 4.78 is 4.86. The van der Waals surface area contributed by atoms with Crippen LogP contribution in [0.5, 0.6) is 0 Å². The lowest BCUT2D eigenvalue weighted by Gasteiger charge is -2.03. The van der Waals surface area contributed by atoms with Gasteiger partial charge in [-0.05, 0) is 24.6 Å². The van der Waals surface area contributed by atoms with Crippen molar-refractivity contribution in [2.75, 3.05) is 5.32 Å². The van der Waals surface area contributed by atoms with Crippen molar-refractivity contribution in [3.05, 3.63) is 47.3 Å². The Labute approximate surface area is 104 Å². The summed E-state index contributed by atoms with van der Waals surface area (Å²) >= 11 is 5.67. The van der Waals surface area contributed by atoms with E-state index in [2.05, 4.69) is 10.5 Å². The lowest BCUT2D eigenvalue weighted by molar-refractivity contribution is 0.0988. The molecule has 0 unspecified atom stereocenters. The zero-order chi connectivity index (χ0) is 12.3. The van der Waals surface area contributed by atoms with Gasteiger partial charge in [-0.2, -0.15) is 0 Å². The number of amides is 1. The SMILES string of the molecule is Cc1cc(C(=O)Nc2ccc(CCl)cc2)on1. The standard InChI is InChI=1S/C12H11ClN2O2/c1-8-6-11(17-15-8)12(16)14-10-4-2-9(7-13)3-5-10/h2-6H,7H2,1H3,(H,14,16). The monoisotopic (exact) mass is 250 g/mol. The van der Waals surface area contributed by atoms with E-state index in [1.807, 2.05) is 12.1 Å². The Morgan fingerprint density at radius 2 is 2.12 bits per heavy atom. The van der Waals surface area contributed by atoms with Gasteiger partial charge in [-0.25, -0.2) is 0 Å². The van der Waals surface area contributed by atoms with Gasteiger partial charge >= 0.3 is 0 Å². The molecule has 0 aliphatic rings. The zero-order valence-electron chi connectivity index (χ0n) is 9.24. The molecule has 88 valence electrons. The van der Waals surface area contributed by atoms with Gasteiger partial charge in [0.05, 0.1) is 5.69 Å². The van der Waals surface area contributed by atoms with E-state index in [0.29, 0.717) is 17.3 Å². The van der Waals surface area contributed by atoms with Gasteiger partial charge in [0.25, 0.3) is 5.91 Å². The molecule has 17 heavy (non-hydrogen) atoms. The average Bonchev–Trinajstić information content (AvgIpc) is 2.77. The second-order valence-corrected chi connectivity index (χ2v) is 3.88. The lowest BCUT2D eigenvalue weighted by atomic mass is 10.2. The molecule has 1 heterocycles. The molecule has 0 saturated heterocycles. The summed E-state index contributed by atoms with van der Waals surface area (Å²) in [7, 11) is 0. The lowest BCUT2D eigenvalue weighted by Crippen LogP contribution is -2.10. The molecule has 0 atom stereocenters. The molecule has 1 aromatic carbocycles. The predicted molar refractivity (Wildman–Crippen MR) is 65.2 cm³/mol. The van der Waals surface area contributed by atoms with Gasteiger partial charge < -0.3 is 9.84 Å². The molecule has 4 nitrogen and oxygen atoms in total. The van der Waals surface area contributed by atoms with Crippen LogP contribution in [0, 0.1) is 6.92 Å². The van der Waals surface area contributed by atoms with Crippen molar-refractivity contribution in [1.29, 1.82) is 0 Å². The number of hydrogen-bond donors (Lipinski definition) is 1. The largest absolute Gasteiger partial charge is 0.351 e. The van der Waals surface area contributed by atoms with Crippen LogP contribution in [0.3, 0.4) is 0 Å². The van der Waals surface area contributed by atoms with Gasteiger partial charge in [-0.15, -0.1) is 11.6 Å². The fraction of sp³-hybridized carbons (Fsp3) is 0.167. The minimum Gasteiger partial charge on any atom is -0.351 e. The maximum absolute atomic E-state index is 11.7. The van der Waals surface area contributed by atoms with Crippen molar-refractivity contribution in [3.8, 4) is 0 Å². The quantitative estimate of drug-likeness (QED) is 0.852. The van der Waals surface area contributed by atoms with Crippen LogP contribution in [-0.4, -0.2) is 11.1 Å². The van der Waals surface area contributed by atoms with Crippen molar-refractivity contribution in [1.82, 2.24) is 5.16 Å². The summed E-state index contributed by atoms with van der Waals surface area (Å²) in [5, 5.41) is 6.36. The van der Waals surface area contributed by atoms with Crippen molar-refractivity contribution in [2.24, 2.45) is 0 Å². The Balaban J connectivity index is 2.07. The summed E-state index contributed by atoms with van der Waals surface area (Å²) in [6, 6.07) is 8.88. The summed E-state index contributed by atoms with van der Waals surface area (Å²) in [4.78, 5) is 11.7. The van der Waals surface area contributed by atoms with E-state index in [4.69, 9.17) is 16.1 Å². The first-order valence-electron chi connectivity index (χ1n) is 5.08. The minimum atomic E-state index is -0.316. The van der Waals surface area contributed by atoms with Gasteiger partial charge in [0.1, 0.15) is 0 Å². The van der Waals surface area contributed by atoms with Crippen molar-refractivity contribution < 1.29 is 9.32 Å². The van der Waals surface area contributed by atoms with Gasteiger partial charge in [-0.1, -0.05) is 17.3 Å². The average molecular weight is 251 g/mol. The van der Waals surface area contributed by atoms with Crippen molar-refractivity contribution >= 4 is 23.2 Å². The normalized spacial score (nSPS) is 10.2. The fourth-order valence-electron chi connectivity index (χ4n) is 1.34. The molecular weight excluding hydrogens is 240 g/mol. The first-order chi connectivity index (χ1) is 8.19. The third kappa shape index (κ3) is 2.85. The summed E-state index contributed by atoms with van der Waals surface area (Å²) in [5.74, 6) is 0.336. The van der Waals surface area contributed by atoms with Gasteiger partial charge in [-0.3, -0.25) is 4.79 Å². The second kappa shape index (κ2) is 5.01. The number of hydrogen-bond acceptors (Lipinski definition) is 3. The number of carbonyl (C=O) groups is 1. The Bertz CT molecular complexity index is 520. The third-order valence-electron chi connectivity index (χ3n) is 2.22. The highest BCUT2D eigenvalue weighted by Gasteiger charge is 2.11. The number of rotatable bonds is 3. The molecule has 1 aromatic heterocycles. The number of aryl methyl sites for hydroxylation is 1. The number of alkyl halides is 1. The molecule has 2 rings (SSSR count). The molecule has 2 aromatic rings. The number of carbonyl (C=O) groups excluding carboxylic acids is 1. The molecule has 0 spiro atoms. The predicted octanol–water partition coefficient (Wildman–Crippen LogP) is 2.97. The Morgan fingerprint density at radius 1 is 1.41 bits per heavy atom. The fourth-order valence-corrected chi connectivity index (χ4v) is 1.52. The van der Waals surface area contributed by atoms with Gasteiger partial charge in [0.15, 0.2) is 0 Å². The highest BCUT2D eigenvalue weighted by Crippen LogP contribution is 2.13. The number of halogens is 1. The van der Waals surface area contributed by atoms with E-state index in [1.54, 1.807) is 25.1 Å². The van der Waals surface area contributed by atoms with Crippen LogP contribution in [0.25, 0.3) is 0 Å². The first-order valence-corrected chi connectivity index (χ1v) is 5.62. The molecular formula is C12H11ClN2O2. The van der Waals surface area contributed by atoms with Crippen LogP contribution in [0.15, 0.2) is 34.9 Å². The molecule has 0 radical (unpaired) electrons. The zero-order valence-corrected chi connectivity index (χ0v) is 9.99. The van der Waals surface area contributed by atoms with Crippen LogP contribution in [-0.2, 0) is 5.88 Å². The van der Waals surface area contributed by atoms with Crippen molar-refractivity contribution in [3.63, 3.8) is 0 Å². The molecule has 0 aliphatic carbocycles. The third-order valence-corrected chi connectivity index (χ3v) is 2.53. The van der Waals surface area contributed by atoms with E-state index in [1.165, 1.54) is 0 Å². The van der Waals surface area contributed by atoms with E-state index in [-0.39, 0.29) is 11.7 Å². The van der Waals surface area contributed by atoms with Crippen LogP contribution < -0.4 is 5.32 Å². The molecule has 0 saturated carbocycles. The second-order valence-electron chi connectivity index (χ2n) is 3.62. The van der Waals surface area contributed by atoms with Crippen LogP contribution in [0.2, 0.25) is 0 Å². The summed E-state index contributed by atoms with van der Waals surface area (Å²) in [5.41, 5.74) is 2.37. The van der Waals surface area contributed by atoms with Gasteiger partial charge in [0.2, 0.25) is 5.76 Å². The molecule has 1 amide bonds.